The minimum Gasteiger partial charge on any atom is -0.378 e. The van der Waals surface area contributed by atoms with E-state index in [1.165, 1.54) is 4.90 Å². The van der Waals surface area contributed by atoms with Gasteiger partial charge in [0.2, 0.25) is 11.8 Å². The second kappa shape index (κ2) is 6.97. The molecular weight excluding hydrogens is 378 g/mol. The first-order valence-corrected chi connectivity index (χ1v) is 10.5. The highest BCUT2D eigenvalue weighted by Gasteiger charge is 2.61. The number of fused-ring (bicyclic) bond motifs is 5. The third-order valence-electron chi connectivity index (χ3n) is 6.96. The summed E-state index contributed by atoms with van der Waals surface area (Å²) in [4.78, 5) is 41.8. The summed E-state index contributed by atoms with van der Waals surface area (Å²) < 4.78 is 0. The van der Waals surface area contributed by atoms with E-state index in [9.17, 15) is 14.4 Å². The summed E-state index contributed by atoms with van der Waals surface area (Å²) in [6.07, 6.45) is 3.15. The largest absolute Gasteiger partial charge is 0.378 e. The summed E-state index contributed by atoms with van der Waals surface area (Å²) in [6.45, 7) is 0. The highest BCUT2D eigenvalue weighted by Crippen LogP contribution is 2.56. The van der Waals surface area contributed by atoms with Crippen LogP contribution in [0.1, 0.15) is 29.6 Å². The predicted octanol–water partition coefficient (Wildman–Crippen LogP) is 3.54. The minimum atomic E-state index is -0.229. The molecule has 5 rings (SSSR count). The monoisotopic (exact) mass is 403 g/mol. The maximum absolute atomic E-state index is 12.9. The molecule has 2 bridgehead atoms. The number of imide groups is 1. The number of carbonyl (C=O) groups is 3. The van der Waals surface area contributed by atoms with E-state index in [4.69, 9.17) is 0 Å². The molecule has 3 amide bonds. The standard InChI is InChI=1S/C24H25N3O3/c1-26(2)18-11-7-17(8-12-18)25-22(28)14-5-9-19(10-6-14)27-23(29)20-15-3-4-16(13-15)21(20)24(27)30/h5-12,15-16,20-21H,3-4,13H2,1-2H3,(H,25,28)/t15-,16+,20-,21+. The van der Waals surface area contributed by atoms with Crippen LogP contribution in [0.4, 0.5) is 17.1 Å². The molecule has 0 unspecified atom stereocenters. The smallest absolute Gasteiger partial charge is 0.255 e. The Morgan fingerprint density at radius 2 is 1.47 bits per heavy atom. The van der Waals surface area contributed by atoms with Crippen LogP contribution in [0.5, 0.6) is 0 Å². The zero-order valence-electron chi connectivity index (χ0n) is 17.2. The SMILES string of the molecule is CN(C)c1ccc(NC(=O)c2ccc(N3C(=O)[C@@H]4[C@@H]5CC[C@@H](C5)[C@@H]4C3=O)cc2)cc1. The molecule has 30 heavy (non-hydrogen) atoms. The maximum atomic E-state index is 12.9. The molecule has 4 atom stereocenters. The van der Waals surface area contributed by atoms with Gasteiger partial charge >= 0.3 is 0 Å². The zero-order chi connectivity index (χ0) is 21.0. The van der Waals surface area contributed by atoms with Gasteiger partial charge in [-0.05, 0) is 79.6 Å². The number of hydrogen-bond donors (Lipinski definition) is 1. The molecule has 2 aliphatic carbocycles. The molecule has 6 nitrogen and oxygen atoms in total. The van der Waals surface area contributed by atoms with Crippen LogP contribution in [0.25, 0.3) is 0 Å². The van der Waals surface area contributed by atoms with Gasteiger partial charge in [0.1, 0.15) is 0 Å². The second-order valence-corrected chi connectivity index (χ2v) is 8.84. The molecule has 1 heterocycles. The number of rotatable bonds is 4. The lowest BCUT2D eigenvalue weighted by atomic mass is 9.81. The van der Waals surface area contributed by atoms with Gasteiger partial charge in [0.15, 0.2) is 0 Å². The summed E-state index contributed by atoms with van der Waals surface area (Å²) >= 11 is 0. The van der Waals surface area contributed by atoms with Crippen LogP contribution in [0.2, 0.25) is 0 Å². The van der Waals surface area contributed by atoms with Crippen LogP contribution in [-0.2, 0) is 9.59 Å². The molecule has 154 valence electrons. The van der Waals surface area contributed by atoms with E-state index in [1.54, 1.807) is 24.3 Å². The van der Waals surface area contributed by atoms with Gasteiger partial charge in [-0.2, -0.15) is 0 Å². The van der Waals surface area contributed by atoms with Crippen LogP contribution in [0.15, 0.2) is 48.5 Å². The van der Waals surface area contributed by atoms with E-state index in [-0.39, 0.29) is 29.6 Å². The van der Waals surface area contributed by atoms with E-state index in [1.807, 2.05) is 43.3 Å². The topological polar surface area (TPSA) is 69.7 Å². The summed E-state index contributed by atoms with van der Waals surface area (Å²) in [6, 6.07) is 14.3. The molecule has 0 radical (unpaired) electrons. The lowest BCUT2D eigenvalue weighted by Crippen LogP contribution is -2.32. The van der Waals surface area contributed by atoms with Crippen molar-refractivity contribution in [2.45, 2.75) is 19.3 Å². The maximum Gasteiger partial charge on any atom is 0.255 e. The minimum absolute atomic E-state index is 0.0598. The Morgan fingerprint density at radius 1 is 0.900 bits per heavy atom. The fraction of sp³-hybridized carbons (Fsp3) is 0.375. The van der Waals surface area contributed by atoms with Crippen molar-refractivity contribution in [2.24, 2.45) is 23.7 Å². The summed E-state index contributed by atoms with van der Waals surface area (Å²) in [5.74, 6) is 0.114. The van der Waals surface area contributed by atoms with Gasteiger partial charge in [0, 0.05) is 31.0 Å². The van der Waals surface area contributed by atoms with Crippen molar-refractivity contribution in [1.29, 1.82) is 0 Å². The van der Waals surface area contributed by atoms with Crippen molar-refractivity contribution in [3.05, 3.63) is 54.1 Å². The molecule has 1 saturated heterocycles. The summed E-state index contributed by atoms with van der Waals surface area (Å²) in [5, 5.41) is 2.88. The second-order valence-electron chi connectivity index (χ2n) is 8.84. The van der Waals surface area contributed by atoms with Crippen LogP contribution >= 0.6 is 0 Å². The Bertz CT molecular complexity index is 985. The Kier molecular flexibility index (Phi) is 4.38. The van der Waals surface area contributed by atoms with Gasteiger partial charge in [-0.15, -0.1) is 0 Å². The number of nitrogens with zero attached hydrogens (tertiary/aromatic N) is 2. The molecule has 6 heteroatoms. The van der Waals surface area contributed by atoms with Gasteiger partial charge < -0.3 is 10.2 Å². The first kappa shape index (κ1) is 18.9. The molecule has 2 saturated carbocycles. The Morgan fingerprint density at radius 3 is 2.00 bits per heavy atom. The fourth-order valence-corrected chi connectivity index (χ4v) is 5.47. The molecule has 2 aromatic rings. The van der Waals surface area contributed by atoms with Crippen LogP contribution < -0.4 is 15.1 Å². The van der Waals surface area contributed by atoms with E-state index < -0.39 is 0 Å². The Labute approximate surface area is 175 Å². The lowest BCUT2D eigenvalue weighted by Gasteiger charge is -2.19. The highest BCUT2D eigenvalue weighted by molar-refractivity contribution is 6.22. The Balaban J connectivity index is 1.30. The van der Waals surface area contributed by atoms with Crippen molar-refractivity contribution in [1.82, 2.24) is 0 Å². The van der Waals surface area contributed by atoms with Crippen molar-refractivity contribution in [3.63, 3.8) is 0 Å². The number of carbonyl (C=O) groups excluding carboxylic acids is 3. The number of anilines is 3. The average Bonchev–Trinajstić information content (AvgIpc) is 3.42. The molecule has 3 fully saturated rings. The number of hydrogen-bond acceptors (Lipinski definition) is 4. The van der Waals surface area contributed by atoms with Gasteiger partial charge in [-0.1, -0.05) is 0 Å². The zero-order valence-corrected chi connectivity index (χ0v) is 17.2. The number of nitrogens with one attached hydrogen (secondary N) is 1. The van der Waals surface area contributed by atoms with Crippen LogP contribution in [0, 0.1) is 23.7 Å². The summed E-state index contributed by atoms with van der Waals surface area (Å²) in [7, 11) is 3.92. The van der Waals surface area contributed by atoms with Gasteiger partial charge in [0.05, 0.1) is 17.5 Å². The predicted molar refractivity (Wildman–Crippen MR) is 115 cm³/mol. The molecule has 0 aromatic heterocycles. The lowest BCUT2D eigenvalue weighted by molar-refractivity contribution is -0.123. The normalized spacial score (nSPS) is 26.8. The van der Waals surface area contributed by atoms with E-state index in [2.05, 4.69) is 5.32 Å². The third-order valence-corrected chi connectivity index (χ3v) is 6.96. The third kappa shape index (κ3) is 2.90. The average molecular weight is 403 g/mol. The van der Waals surface area contributed by atoms with Crippen LogP contribution in [-0.4, -0.2) is 31.8 Å². The first-order chi connectivity index (χ1) is 14.4. The number of benzene rings is 2. The van der Waals surface area contributed by atoms with Crippen molar-refractivity contribution in [3.8, 4) is 0 Å². The van der Waals surface area contributed by atoms with Crippen molar-refractivity contribution >= 4 is 34.8 Å². The molecular formula is C24H25N3O3. The summed E-state index contributed by atoms with van der Waals surface area (Å²) in [5.41, 5.74) is 2.80. The van der Waals surface area contributed by atoms with Crippen LogP contribution in [0.3, 0.4) is 0 Å². The molecule has 1 N–H and O–H groups in total. The van der Waals surface area contributed by atoms with E-state index in [0.717, 1.165) is 24.9 Å². The van der Waals surface area contributed by atoms with Crippen molar-refractivity contribution < 1.29 is 14.4 Å². The fourth-order valence-electron chi connectivity index (χ4n) is 5.47. The first-order valence-electron chi connectivity index (χ1n) is 10.5. The molecule has 2 aromatic carbocycles. The molecule has 0 spiro atoms. The molecule has 3 aliphatic rings. The number of amides is 3. The van der Waals surface area contributed by atoms with Gasteiger partial charge in [0.25, 0.3) is 5.91 Å². The van der Waals surface area contributed by atoms with Gasteiger partial charge in [-0.3, -0.25) is 19.3 Å². The highest BCUT2D eigenvalue weighted by atomic mass is 16.2. The molecule has 1 aliphatic heterocycles. The Hall–Kier alpha value is -3.15. The van der Waals surface area contributed by atoms with E-state index >= 15 is 0 Å². The quantitative estimate of drug-likeness (QED) is 0.793. The van der Waals surface area contributed by atoms with E-state index in [0.29, 0.717) is 28.8 Å². The van der Waals surface area contributed by atoms with Gasteiger partial charge in [-0.25, -0.2) is 0 Å². The van der Waals surface area contributed by atoms with Crippen molar-refractivity contribution in [2.75, 3.05) is 29.2 Å².